The van der Waals surface area contributed by atoms with E-state index in [4.69, 9.17) is 0 Å². The van der Waals surface area contributed by atoms with Crippen LogP contribution in [0.5, 0.6) is 0 Å². The second kappa shape index (κ2) is 3.41. The van der Waals surface area contributed by atoms with Gasteiger partial charge in [-0.3, -0.25) is 20.2 Å². The molecule has 1 aliphatic carbocycles. The van der Waals surface area contributed by atoms with E-state index in [2.05, 4.69) is 0 Å². The van der Waals surface area contributed by atoms with Gasteiger partial charge in [-0.15, -0.1) is 0 Å². The van der Waals surface area contributed by atoms with Crippen molar-refractivity contribution < 1.29 is 9.85 Å². The summed E-state index contributed by atoms with van der Waals surface area (Å²) in [4.78, 5) is 20.0. The first-order valence-corrected chi connectivity index (χ1v) is 4.62. The normalized spacial score (nSPS) is 16.5. The predicted molar refractivity (Wildman–Crippen MR) is 55.9 cm³/mol. The van der Waals surface area contributed by atoms with Crippen molar-refractivity contribution in [1.82, 2.24) is 0 Å². The van der Waals surface area contributed by atoms with E-state index in [-0.39, 0.29) is 6.42 Å². The molecule has 0 spiro atoms. The molecule has 0 heterocycles. The van der Waals surface area contributed by atoms with Crippen LogP contribution in [-0.4, -0.2) is 15.5 Å². The Morgan fingerprint density at radius 3 is 2.38 bits per heavy atom. The van der Waals surface area contributed by atoms with E-state index in [0.29, 0.717) is 5.56 Å². The van der Waals surface area contributed by atoms with Crippen LogP contribution in [-0.2, 0) is 6.42 Å². The van der Waals surface area contributed by atoms with Crippen molar-refractivity contribution in [3.8, 4) is 0 Å². The maximum Gasteiger partial charge on any atom is 0.481 e. The minimum Gasteiger partial charge on any atom is -0.258 e. The van der Waals surface area contributed by atoms with Crippen molar-refractivity contribution in [2.45, 2.75) is 12.1 Å². The highest BCUT2D eigenvalue weighted by Gasteiger charge is 2.55. The van der Waals surface area contributed by atoms with Crippen LogP contribution in [0.3, 0.4) is 0 Å². The standard InChI is InChI=1S/C10H8N2O4/c13-11(14)10(12(15)16)6-5-8-3-1-2-4-9(8)7-10/h1-6H,7H2. The van der Waals surface area contributed by atoms with Crippen LogP contribution in [0.1, 0.15) is 11.1 Å². The third-order valence-corrected chi connectivity index (χ3v) is 2.67. The summed E-state index contributed by atoms with van der Waals surface area (Å²) in [7, 11) is 0. The number of rotatable bonds is 2. The summed E-state index contributed by atoms with van der Waals surface area (Å²) < 4.78 is 0. The van der Waals surface area contributed by atoms with Gasteiger partial charge >= 0.3 is 5.66 Å². The first-order valence-electron chi connectivity index (χ1n) is 4.62. The molecule has 6 heteroatoms. The molecule has 1 aromatic rings. The predicted octanol–water partition coefficient (Wildman–Crippen LogP) is 1.51. The fourth-order valence-corrected chi connectivity index (χ4v) is 1.74. The van der Waals surface area contributed by atoms with Crippen molar-refractivity contribution in [3.63, 3.8) is 0 Å². The average Bonchev–Trinajstić information content (AvgIpc) is 2.27. The third-order valence-electron chi connectivity index (χ3n) is 2.67. The molecule has 1 aliphatic rings. The van der Waals surface area contributed by atoms with E-state index in [0.717, 1.165) is 11.6 Å². The van der Waals surface area contributed by atoms with E-state index >= 15 is 0 Å². The van der Waals surface area contributed by atoms with Crippen molar-refractivity contribution in [2.75, 3.05) is 0 Å². The molecule has 0 fully saturated rings. The van der Waals surface area contributed by atoms with Gasteiger partial charge in [0, 0.05) is 0 Å². The summed E-state index contributed by atoms with van der Waals surface area (Å²) in [6, 6.07) is 6.94. The first-order chi connectivity index (χ1) is 7.56. The second-order valence-corrected chi connectivity index (χ2v) is 3.60. The smallest absolute Gasteiger partial charge is 0.258 e. The summed E-state index contributed by atoms with van der Waals surface area (Å²) in [6.45, 7) is 0. The minimum atomic E-state index is -2.21. The molecule has 16 heavy (non-hydrogen) atoms. The van der Waals surface area contributed by atoms with E-state index in [1.807, 2.05) is 0 Å². The Bertz CT molecular complexity index is 481. The second-order valence-electron chi connectivity index (χ2n) is 3.60. The summed E-state index contributed by atoms with van der Waals surface area (Å²) in [5, 5.41) is 21.7. The largest absolute Gasteiger partial charge is 0.481 e. The molecule has 0 N–H and O–H groups in total. The fourth-order valence-electron chi connectivity index (χ4n) is 1.74. The van der Waals surface area contributed by atoms with Crippen LogP contribution in [0, 0.1) is 20.2 Å². The van der Waals surface area contributed by atoms with E-state index < -0.39 is 15.5 Å². The lowest BCUT2D eigenvalue weighted by Crippen LogP contribution is -2.47. The Hall–Kier alpha value is -2.24. The lowest BCUT2D eigenvalue weighted by molar-refractivity contribution is -0.780. The Labute approximate surface area is 90.5 Å². The topological polar surface area (TPSA) is 86.3 Å². The number of nitro groups is 2. The number of benzene rings is 1. The van der Waals surface area contributed by atoms with Gasteiger partial charge in [-0.1, -0.05) is 24.3 Å². The van der Waals surface area contributed by atoms with Crippen LogP contribution >= 0.6 is 0 Å². The molecular formula is C10H8N2O4. The maximum absolute atomic E-state index is 10.8. The highest BCUT2D eigenvalue weighted by Crippen LogP contribution is 2.28. The van der Waals surface area contributed by atoms with E-state index in [1.54, 1.807) is 24.3 Å². The van der Waals surface area contributed by atoms with Gasteiger partial charge in [-0.25, -0.2) is 0 Å². The Morgan fingerprint density at radius 2 is 1.75 bits per heavy atom. The molecule has 82 valence electrons. The molecule has 0 atom stereocenters. The van der Waals surface area contributed by atoms with Crippen LogP contribution in [0.25, 0.3) is 6.08 Å². The molecule has 0 saturated heterocycles. The summed E-state index contributed by atoms with van der Waals surface area (Å²) >= 11 is 0. The maximum atomic E-state index is 10.8. The molecule has 2 rings (SSSR count). The molecule has 0 amide bonds. The Balaban J connectivity index is 2.51. The van der Waals surface area contributed by atoms with Gasteiger partial charge in [0.05, 0.1) is 6.08 Å². The molecule has 0 bridgehead atoms. The monoisotopic (exact) mass is 220 g/mol. The van der Waals surface area contributed by atoms with Crippen LogP contribution in [0.4, 0.5) is 0 Å². The number of nitrogens with zero attached hydrogens (tertiary/aromatic N) is 2. The molecule has 0 radical (unpaired) electrons. The quantitative estimate of drug-likeness (QED) is 0.429. The lowest BCUT2D eigenvalue weighted by atomic mass is 9.90. The van der Waals surface area contributed by atoms with Crippen LogP contribution < -0.4 is 0 Å². The number of fused-ring (bicyclic) bond motifs is 1. The zero-order valence-electron chi connectivity index (χ0n) is 8.20. The van der Waals surface area contributed by atoms with Crippen molar-refractivity contribution in [2.24, 2.45) is 0 Å². The van der Waals surface area contributed by atoms with Gasteiger partial charge in [0.15, 0.2) is 0 Å². The van der Waals surface area contributed by atoms with Gasteiger partial charge in [0.1, 0.15) is 16.3 Å². The molecule has 6 nitrogen and oxygen atoms in total. The zero-order chi connectivity index (χ0) is 11.8. The molecule has 1 aromatic carbocycles. The Morgan fingerprint density at radius 1 is 1.12 bits per heavy atom. The van der Waals surface area contributed by atoms with Crippen LogP contribution in [0.15, 0.2) is 30.3 Å². The average molecular weight is 220 g/mol. The van der Waals surface area contributed by atoms with Crippen molar-refractivity contribution in [3.05, 3.63) is 61.7 Å². The highest BCUT2D eigenvalue weighted by atomic mass is 16.7. The zero-order valence-corrected chi connectivity index (χ0v) is 8.20. The van der Waals surface area contributed by atoms with Gasteiger partial charge in [0.2, 0.25) is 0 Å². The van der Waals surface area contributed by atoms with Crippen molar-refractivity contribution in [1.29, 1.82) is 0 Å². The summed E-state index contributed by atoms with van der Waals surface area (Å²) in [6.07, 6.45) is 2.28. The summed E-state index contributed by atoms with van der Waals surface area (Å²) in [5.74, 6) is 0. The highest BCUT2D eigenvalue weighted by molar-refractivity contribution is 5.57. The van der Waals surface area contributed by atoms with Crippen LogP contribution in [0.2, 0.25) is 0 Å². The molecule has 0 unspecified atom stereocenters. The lowest BCUT2D eigenvalue weighted by Gasteiger charge is -2.18. The number of hydrogen-bond acceptors (Lipinski definition) is 4. The Kier molecular flexibility index (Phi) is 2.19. The fraction of sp³-hybridized carbons (Fsp3) is 0.200. The molecular weight excluding hydrogens is 212 g/mol. The van der Waals surface area contributed by atoms with Gasteiger partial charge in [-0.05, 0) is 17.2 Å². The van der Waals surface area contributed by atoms with E-state index in [9.17, 15) is 20.2 Å². The van der Waals surface area contributed by atoms with E-state index in [1.165, 1.54) is 6.08 Å². The molecule has 0 aliphatic heterocycles. The molecule has 0 aromatic heterocycles. The summed E-state index contributed by atoms with van der Waals surface area (Å²) in [5.41, 5.74) is -0.797. The third kappa shape index (κ3) is 1.35. The minimum absolute atomic E-state index is 0.209. The van der Waals surface area contributed by atoms with Crippen molar-refractivity contribution >= 4 is 6.08 Å². The SMILES string of the molecule is O=[N+]([O-])C1([N+](=O)[O-])C=Cc2ccccc2C1. The molecule has 0 saturated carbocycles. The first kappa shape index (κ1) is 10.3. The van der Waals surface area contributed by atoms with Gasteiger partial charge in [0.25, 0.3) is 0 Å². The van der Waals surface area contributed by atoms with Gasteiger partial charge in [-0.2, -0.15) is 0 Å². The number of hydrogen-bond donors (Lipinski definition) is 0. The van der Waals surface area contributed by atoms with Gasteiger partial charge < -0.3 is 0 Å².